The molecule has 0 bridgehead atoms. The summed E-state index contributed by atoms with van der Waals surface area (Å²) < 4.78 is 14.3. The summed E-state index contributed by atoms with van der Waals surface area (Å²) in [4.78, 5) is 8.78. The zero-order chi connectivity index (χ0) is 18.7. The average molecular weight is 340 g/mol. The first-order chi connectivity index (χ1) is 12.1. The first kappa shape index (κ1) is 20.8. The van der Waals surface area contributed by atoms with E-state index in [1.54, 1.807) is 24.3 Å². The zero-order valence-corrected chi connectivity index (χ0v) is 15.8. The molecule has 2 nitrogen and oxygen atoms in total. The Bertz CT molecular complexity index is 686. The molecule has 0 atom stereocenters. The Morgan fingerprint density at radius 1 is 1.36 bits per heavy atom. The van der Waals surface area contributed by atoms with E-state index in [1.807, 2.05) is 19.9 Å². The number of aliphatic imine (C=N–C) groups is 1. The van der Waals surface area contributed by atoms with Gasteiger partial charge in [0.2, 0.25) is 5.95 Å². The highest BCUT2D eigenvalue weighted by molar-refractivity contribution is 6.31. The molecule has 0 amide bonds. The minimum atomic E-state index is -0.506. The van der Waals surface area contributed by atoms with Gasteiger partial charge in [-0.1, -0.05) is 45.4 Å². The molecule has 3 heteroatoms. The number of hydrogen-bond donors (Lipinski definition) is 0. The molecule has 1 rings (SSSR count). The van der Waals surface area contributed by atoms with E-state index in [0.29, 0.717) is 11.1 Å². The first-order valence-electron chi connectivity index (χ1n) is 8.98. The number of pyridine rings is 1. The molecular weight excluding hydrogens is 311 g/mol. The highest BCUT2D eigenvalue weighted by atomic mass is 19.1. The Hall–Kier alpha value is -2.25. The second-order valence-electron chi connectivity index (χ2n) is 5.94. The Morgan fingerprint density at radius 2 is 2.04 bits per heavy atom. The van der Waals surface area contributed by atoms with Crippen LogP contribution in [0.5, 0.6) is 0 Å². The summed E-state index contributed by atoms with van der Waals surface area (Å²) in [6.45, 7) is 11.9. The van der Waals surface area contributed by atoms with Gasteiger partial charge in [0.05, 0.1) is 17.3 Å². The van der Waals surface area contributed by atoms with Crippen LogP contribution in [0.15, 0.2) is 59.4 Å². The Labute approximate surface area is 151 Å². The molecule has 1 aromatic rings. The van der Waals surface area contributed by atoms with Crippen molar-refractivity contribution in [2.45, 2.75) is 59.4 Å². The van der Waals surface area contributed by atoms with Gasteiger partial charge in [-0.25, -0.2) is 4.98 Å². The molecular formula is C22H29FN2. The third kappa shape index (κ3) is 6.28. The molecule has 1 aromatic heterocycles. The monoisotopic (exact) mass is 340 g/mol. The maximum absolute atomic E-state index is 14.3. The molecule has 0 aromatic carbocycles. The van der Waals surface area contributed by atoms with Gasteiger partial charge in [-0.05, 0) is 50.5 Å². The van der Waals surface area contributed by atoms with Crippen molar-refractivity contribution >= 4 is 11.3 Å². The number of hydrogen-bond acceptors (Lipinski definition) is 2. The van der Waals surface area contributed by atoms with Crippen molar-refractivity contribution in [1.82, 2.24) is 4.98 Å². The van der Waals surface area contributed by atoms with Gasteiger partial charge in [0.1, 0.15) is 0 Å². The van der Waals surface area contributed by atoms with Crippen LogP contribution in [0.2, 0.25) is 0 Å². The molecule has 0 aliphatic rings. The third-order valence-corrected chi connectivity index (χ3v) is 3.85. The fraction of sp³-hybridized carbons (Fsp3) is 0.409. The molecule has 0 spiro atoms. The van der Waals surface area contributed by atoms with Crippen molar-refractivity contribution in [2.24, 2.45) is 4.99 Å². The first-order valence-corrected chi connectivity index (χ1v) is 8.98. The summed E-state index contributed by atoms with van der Waals surface area (Å²) in [5.74, 6) is -0.506. The van der Waals surface area contributed by atoms with Crippen LogP contribution in [0.3, 0.4) is 0 Å². The minimum absolute atomic E-state index is 0.214. The van der Waals surface area contributed by atoms with Gasteiger partial charge >= 0.3 is 0 Å². The van der Waals surface area contributed by atoms with E-state index in [0.717, 1.165) is 37.0 Å². The van der Waals surface area contributed by atoms with E-state index in [2.05, 4.69) is 31.1 Å². The van der Waals surface area contributed by atoms with Crippen molar-refractivity contribution < 1.29 is 4.39 Å². The number of rotatable bonds is 9. The van der Waals surface area contributed by atoms with Gasteiger partial charge < -0.3 is 0 Å². The topological polar surface area (TPSA) is 25.2 Å². The van der Waals surface area contributed by atoms with E-state index >= 15 is 0 Å². The highest BCUT2D eigenvalue weighted by Crippen LogP contribution is 2.23. The second-order valence-corrected chi connectivity index (χ2v) is 5.94. The highest BCUT2D eigenvalue weighted by Gasteiger charge is 2.17. The average Bonchev–Trinajstić information content (AvgIpc) is 2.59. The van der Waals surface area contributed by atoms with Crippen molar-refractivity contribution in [3.8, 4) is 0 Å². The van der Waals surface area contributed by atoms with Gasteiger partial charge in [-0.2, -0.15) is 4.39 Å². The van der Waals surface area contributed by atoms with Crippen LogP contribution in [-0.2, 0) is 0 Å². The molecule has 0 N–H and O–H groups in total. The number of aromatic nitrogens is 1. The summed E-state index contributed by atoms with van der Waals surface area (Å²) in [6.07, 6.45) is 11.0. The predicted molar refractivity (Wildman–Crippen MR) is 106 cm³/mol. The zero-order valence-electron chi connectivity index (χ0n) is 15.8. The largest absolute Gasteiger partial charge is 0.280 e. The number of allylic oxidation sites excluding steroid dienone is 4. The van der Waals surface area contributed by atoms with Gasteiger partial charge in [0, 0.05) is 11.8 Å². The van der Waals surface area contributed by atoms with Crippen LogP contribution in [0.4, 0.5) is 4.39 Å². The van der Waals surface area contributed by atoms with E-state index in [4.69, 9.17) is 4.99 Å². The Kier molecular flexibility index (Phi) is 9.42. The van der Waals surface area contributed by atoms with Crippen LogP contribution < -0.4 is 0 Å². The SMILES string of the molecule is C=C/C=C(C)\C(=N/C(CCC)CCC)C(=C=CC)c1cccnc1F. The summed E-state index contributed by atoms with van der Waals surface area (Å²) in [6, 6.07) is 3.67. The fourth-order valence-corrected chi connectivity index (χ4v) is 2.73. The van der Waals surface area contributed by atoms with E-state index in [1.165, 1.54) is 6.20 Å². The molecule has 0 saturated carbocycles. The minimum Gasteiger partial charge on any atom is -0.280 e. The lowest BCUT2D eigenvalue weighted by Crippen LogP contribution is -2.13. The van der Waals surface area contributed by atoms with Crippen LogP contribution in [0.1, 0.15) is 58.9 Å². The van der Waals surface area contributed by atoms with E-state index in [9.17, 15) is 4.39 Å². The Balaban J connectivity index is 3.57. The molecule has 0 unspecified atom stereocenters. The lowest BCUT2D eigenvalue weighted by Gasteiger charge is -2.16. The molecule has 0 radical (unpaired) electrons. The molecule has 0 fully saturated rings. The maximum Gasteiger partial charge on any atom is 0.221 e. The maximum atomic E-state index is 14.3. The van der Waals surface area contributed by atoms with Gasteiger partial charge in [0.15, 0.2) is 0 Å². The van der Waals surface area contributed by atoms with Gasteiger partial charge in [0.25, 0.3) is 0 Å². The number of nitrogens with zero attached hydrogens (tertiary/aromatic N) is 2. The van der Waals surface area contributed by atoms with Gasteiger partial charge in [-0.15, -0.1) is 5.73 Å². The molecule has 1 heterocycles. The lowest BCUT2D eigenvalue weighted by molar-refractivity contribution is 0.556. The summed E-state index contributed by atoms with van der Waals surface area (Å²) in [7, 11) is 0. The van der Waals surface area contributed by atoms with Crippen molar-refractivity contribution in [1.29, 1.82) is 0 Å². The van der Waals surface area contributed by atoms with Gasteiger partial charge in [-0.3, -0.25) is 4.99 Å². The van der Waals surface area contributed by atoms with Crippen LogP contribution in [0, 0.1) is 5.95 Å². The summed E-state index contributed by atoms with van der Waals surface area (Å²) >= 11 is 0. The second kappa shape index (κ2) is 11.3. The quantitative estimate of drug-likeness (QED) is 0.223. The van der Waals surface area contributed by atoms with E-state index in [-0.39, 0.29) is 6.04 Å². The summed E-state index contributed by atoms with van der Waals surface area (Å²) in [5.41, 5.74) is 5.94. The predicted octanol–water partition coefficient (Wildman–Crippen LogP) is 6.32. The third-order valence-electron chi connectivity index (χ3n) is 3.85. The smallest absolute Gasteiger partial charge is 0.221 e. The Morgan fingerprint density at radius 3 is 2.56 bits per heavy atom. The molecule has 134 valence electrons. The molecule has 0 saturated heterocycles. The standard InChI is InChI=1S/C22H29FN2/c1-6-11-17(5)21(25-18(12-7-2)13-8-3)19(14-9-4)20-15-10-16-24-22(20)23/h6,9-11,15-16,18H,1,7-8,12-13H2,2-5H3/b17-11-,25-21+. The number of halogens is 1. The van der Waals surface area contributed by atoms with Crippen molar-refractivity contribution in [2.75, 3.05) is 0 Å². The fourth-order valence-electron chi connectivity index (χ4n) is 2.73. The van der Waals surface area contributed by atoms with Crippen LogP contribution in [0.25, 0.3) is 5.57 Å². The molecule has 0 aliphatic heterocycles. The lowest BCUT2D eigenvalue weighted by atomic mass is 9.96. The summed E-state index contributed by atoms with van der Waals surface area (Å²) in [5, 5.41) is 0. The molecule has 0 aliphatic carbocycles. The normalized spacial score (nSPS) is 12.1. The van der Waals surface area contributed by atoms with Crippen LogP contribution >= 0.6 is 0 Å². The van der Waals surface area contributed by atoms with E-state index < -0.39 is 5.95 Å². The van der Waals surface area contributed by atoms with Crippen LogP contribution in [-0.4, -0.2) is 16.7 Å². The van der Waals surface area contributed by atoms with Crippen molar-refractivity contribution in [3.63, 3.8) is 0 Å². The van der Waals surface area contributed by atoms with Crippen molar-refractivity contribution in [3.05, 3.63) is 66.0 Å². The molecule has 25 heavy (non-hydrogen) atoms.